The second kappa shape index (κ2) is 12.5. The number of rotatable bonds is 6. The van der Waals surface area contributed by atoms with Gasteiger partial charge in [-0.05, 0) is 92.5 Å². The lowest BCUT2D eigenvalue weighted by molar-refractivity contribution is 0.669. The Balaban J connectivity index is 1.12. The fraction of sp³-hybridized carbons (Fsp3) is 0. The van der Waals surface area contributed by atoms with Crippen LogP contribution in [-0.4, -0.2) is 0 Å². The number of hydrogen-bond donors (Lipinski definition) is 0. The zero-order chi connectivity index (χ0) is 34.4. The lowest BCUT2D eigenvalue weighted by atomic mass is 9.94. The summed E-state index contributed by atoms with van der Waals surface area (Å²) in [5.41, 5.74) is 12.3. The summed E-state index contributed by atoms with van der Waals surface area (Å²) in [5, 5.41) is 7.22. The molecule has 1 aromatic heterocycles. The molecule has 2 nitrogen and oxygen atoms in total. The Morgan fingerprint density at radius 1 is 0.327 bits per heavy atom. The highest BCUT2D eigenvalue weighted by molar-refractivity contribution is 6.26. The molecule has 10 aromatic rings. The van der Waals surface area contributed by atoms with E-state index in [0.717, 1.165) is 39.2 Å². The fourth-order valence-electron chi connectivity index (χ4n) is 7.77. The molecule has 0 aliphatic carbocycles. The monoisotopic (exact) mass is 663 g/mol. The molecule has 0 spiro atoms. The predicted octanol–water partition coefficient (Wildman–Crippen LogP) is 14.4. The van der Waals surface area contributed by atoms with Crippen LogP contribution in [0.3, 0.4) is 0 Å². The van der Waals surface area contributed by atoms with Crippen LogP contribution in [0.4, 0.5) is 17.1 Å². The zero-order valence-electron chi connectivity index (χ0n) is 28.4. The highest BCUT2D eigenvalue weighted by Crippen LogP contribution is 2.43. The Bertz CT molecular complexity index is 2890. The minimum absolute atomic E-state index is 0.920. The van der Waals surface area contributed by atoms with E-state index in [1.807, 2.05) is 6.07 Å². The molecule has 0 aliphatic rings. The molecule has 2 heteroatoms. The van der Waals surface area contributed by atoms with Gasteiger partial charge in [-0.2, -0.15) is 0 Å². The van der Waals surface area contributed by atoms with Crippen molar-refractivity contribution in [1.82, 2.24) is 0 Å². The van der Waals surface area contributed by atoms with Crippen molar-refractivity contribution in [3.05, 3.63) is 200 Å². The number of fused-ring (bicyclic) bond motifs is 7. The number of anilines is 3. The molecule has 0 bridgehead atoms. The molecule has 0 saturated carbocycles. The van der Waals surface area contributed by atoms with Gasteiger partial charge in [0, 0.05) is 33.1 Å². The molecule has 1 heterocycles. The van der Waals surface area contributed by atoms with E-state index in [1.165, 1.54) is 54.7 Å². The molecule has 9 aromatic carbocycles. The van der Waals surface area contributed by atoms with Gasteiger partial charge in [0.1, 0.15) is 11.2 Å². The SMILES string of the molecule is c1ccc(-c2ccc(N(c3cccc(-c4ccc5c(ccc6ccc7oc8ccccc8c7c65)c4)c3)c3ccccc3-c3ccccc3)cc2)cc1. The van der Waals surface area contributed by atoms with Crippen molar-refractivity contribution in [2.45, 2.75) is 0 Å². The van der Waals surface area contributed by atoms with E-state index >= 15 is 0 Å². The lowest BCUT2D eigenvalue weighted by Gasteiger charge is -2.28. The smallest absolute Gasteiger partial charge is 0.136 e. The van der Waals surface area contributed by atoms with Crippen LogP contribution in [0.15, 0.2) is 205 Å². The van der Waals surface area contributed by atoms with Gasteiger partial charge in [-0.1, -0.05) is 152 Å². The lowest BCUT2D eigenvalue weighted by Crippen LogP contribution is -2.11. The quantitative estimate of drug-likeness (QED) is 0.165. The summed E-state index contributed by atoms with van der Waals surface area (Å²) in [5.74, 6) is 0. The number of furan rings is 1. The summed E-state index contributed by atoms with van der Waals surface area (Å²) in [6, 6.07) is 71.7. The standard InChI is InChI=1S/C50H33NO/c1-3-12-34(13-4-1)35-24-28-41(29-25-35)51(46-20-9-7-18-43(46)36-14-5-2-6-15-36)42-17-11-16-38(33-42)39-26-30-44-40(32-39)23-22-37-27-31-48-50(49(37)44)45-19-8-10-21-47(45)52-48/h1-33H. The van der Waals surface area contributed by atoms with Crippen molar-refractivity contribution in [3.8, 4) is 33.4 Å². The summed E-state index contributed by atoms with van der Waals surface area (Å²) in [6.45, 7) is 0. The van der Waals surface area contributed by atoms with Crippen molar-refractivity contribution >= 4 is 60.5 Å². The maximum Gasteiger partial charge on any atom is 0.136 e. The Hall–Kier alpha value is -6.90. The molecule has 0 N–H and O–H groups in total. The normalized spacial score (nSPS) is 11.5. The molecule has 0 amide bonds. The van der Waals surface area contributed by atoms with Crippen LogP contribution in [-0.2, 0) is 0 Å². The molecule has 0 fully saturated rings. The van der Waals surface area contributed by atoms with Crippen LogP contribution in [0, 0.1) is 0 Å². The molecule has 0 unspecified atom stereocenters. The second-order valence-corrected chi connectivity index (χ2v) is 13.3. The van der Waals surface area contributed by atoms with Gasteiger partial charge in [-0.25, -0.2) is 0 Å². The predicted molar refractivity (Wildman–Crippen MR) is 220 cm³/mol. The fourth-order valence-corrected chi connectivity index (χ4v) is 7.77. The van der Waals surface area contributed by atoms with Crippen LogP contribution < -0.4 is 4.90 Å². The van der Waals surface area contributed by atoms with Gasteiger partial charge in [0.15, 0.2) is 0 Å². The summed E-state index contributed by atoms with van der Waals surface area (Å²) in [6.07, 6.45) is 0. The summed E-state index contributed by atoms with van der Waals surface area (Å²) >= 11 is 0. The van der Waals surface area contributed by atoms with Crippen molar-refractivity contribution in [2.24, 2.45) is 0 Å². The van der Waals surface area contributed by atoms with E-state index in [-0.39, 0.29) is 0 Å². The van der Waals surface area contributed by atoms with E-state index in [0.29, 0.717) is 0 Å². The van der Waals surface area contributed by atoms with Crippen LogP contribution in [0.2, 0.25) is 0 Å². The molecule has 10 rings (SSSR count). The zero-order valence-corrected chi connectivity index (χ0v) is 28.4. The van der Waals surface area contributed by atoms with Gasteiger partial charge >= 0.3 is 0 Å². The Kier molecular flexibility index (Phi) is 7.18. The summed E-state index contributed by atoms with van der Waals surface area (Å²) in [7, 11) is 0. The number of nitrogens with zero attached hydrogens (tertiary/aromatic N) is 1. The molecule has 0 aliphatic heterocycles. The van der Waals surface area contributed by atoms with Crippen molar-refractivity contribution in [1.29, 1.82) is 0 Å². The van der Waals surface area contributed by atoms with E-state index in [9.17, 15) is 0 Å². The van der Waals surface area contributed by atoms with Crippen molar-refractivity contribution in [2.75, 3.05) is 4.90 Å². The second-order valence-electron chi connectivity index (χ2n) is 13.3. The van der Waals surface area contributed by atoms with E-state index in [1.54, 1.807) is 0 Å². The number of para-hydroxylation sites is 2. The molecular weight excluding hydrogens is 631 g/mol. The molecular formula is C50H33NO. The highest BCUT2D eigenvalue weighted by atomic mass is 16.3. The largest absolute Gasteiger partial charge is 0.456 e. The molecule has 0 saturated heterocycles. The first-order chi connectivity index (χ1) is 25.8. The van der Waals surface area contributed by atoms with Crippen LogP contribution in [0.25, 0.3) is 76.9 Å². The highest BCUT2D eigenvalue weighted by Gasteiger charge is 2.18. The number of benzene rings is 9. The first kappa shape index (κ1) is 30.0. The van der Waals surface area contributed by atoms with E-state index < -0.39 is 0 Å². The molecule has 0 radical (unpaired) electrons. The van der Waals surface area contributed by atoms with Crippen molar-refractivity contribution in [3.63, 3.8) is 0 Å². The maximum atomic E-state index is 6.27. The average Bonchev–Trinajstić information content (AvgIpc) is 3.61. The first-order valence-electron chi connectivity index (χ1n) is 17.8. The van der Waals surface area contributed by atoms with Gasteiger partial charge in [-0.3, -0.25) is 0 Å². The van der Waals surface area contributed by atoms with Crippen LogP contribution >= 0.6 is 0 Å². The van der Waals surface area contributed by atoms with Gasteiger partial charge in [0.25, 0.3) is 0 Å². The van der Waals surface area contributed by atoms with Gasteiger partial charge in [0.2, 0.25) is 0 Å². The molecule has 52 heavy (non-hydrogen) atoms. The van der Waals surface area contributed by atoms with Crippen LogP contribution in [0.5, 0.6) is 0 Å². The topological polar surface area (TPSA) is 16.4 Å². The third kappa shape index (κ3) is 5.12. The molecule has 244 valence electrons. The Morgan fingerprint density at radius 2 is 0.962 bits per heavy atom. The van der Waals surface area contributed by atoms with Gasteiger partial charge in [-0.15, -0.1) is 0 Å². The average molecular weight is 664 g/mol. The Labute approximate surface area is 302 Å². The molecule has 0 atom stereocenters. The summed E-state index contributed by atoms with van der Waals surface area (Å²) in [4.78, 5) is 2.38. The Morgan fingerprint density at radius 3 is 1.81 bits per heavy atom. The number of hydrogen-bond acceptors (Lipinski definition) is 2. The van der Waals surface area contributed by atoms with E-state index in [2.05, 4.69) is 199 Å². The third-order valence-electron chi connectivity index (χ3n) is 10.2. The van der Waals surface area contributed by atoms with E-state index in [4.69, 9.17) is 4.42 Å². The van der Waals surface area contributed by atoms with Gasteiger partial charge < -0.3 is 9.32 Å². The van der Waals surface area contributed by atoms with Gasteiger partial charge in [0.05, 0.1) is 5.69 Å². The third-order valence-corrected chi connectivity index (χ3v) is 10.2. The summed E-state index contributed by atoms with van der Waals surface area (Å²) < 4.78 is 6.27. The minimum atomic E-state index is 0.920. The maximum absolute atomic E-state index is 6.27. The van der Waals surface area contributed by atoms with Crippen molar-refractivity contribution < 1.29 is 4.42 Å². The first-order valence-corrected chi connectivity index (χ1v) is 17.8. The van der Waals surface area contributed by atoms with Crippen LogP contribution in [0.1, 0.15) is 0 Å². The minimum Gasteiger partial charge on any atom is -0.456 e.